The van der Waals surface area contributed by atoms with Crippen molar-refractivity contribution in [2.75, 3.05) is 6.54 Å². The van der Waals surface area contributed by atoms with Gasteiger partial charge in [0.2, 0.25) is 10.0 Å². The third-order valence-corrected chi connectivity index (χ3v) is 9.29. The van der Waals surface area contributed by atoms with Crippen LogP contribution >= 0.6 is 11.3 Å². The number of rotatable bonds is 7. The van der Waals surface area contributed by atoms with Crippen LogP contribution in [0.25, 0.3) is 0 Å². The van der Waals surface area contributed by atoms with Gasteiger partial charge in [0, 0.05) is 11.4 Å². The molecule has 154 valence electrons. The number of halogens is 1. The molecule has 1 N–H and O–H groups in total. The number of hydrogen-bond acceptors (Lipinski definition) is 5. The van der Waals surface area contributed by atoms with E-state index in [0.29, 0.717) is 4.88 Å². The molecule has 3 rings (SSSR count). The predicted octanol–water partition coefficient (Wildman–Crippen LogP) is 4.00. The Morgan fingerprint density at radius 2 is 1.69 bits per heavy atom. The first kappa shape index (κ1) is 21.6. The highest BCUT2D eigenvalue weighted by molar-refractivity contribution is 7.92. The lowest BCUT2D eigenvalue weighted by Gasteiger charge is -2.18. The van der Waals surface area contributed by atoms with E-state index in [0.717, 1.165) is 17.7 Å². The van der Waals surface area contributed by atoms with Crippen molar-refractivity contribution in [3.05, 3.63) is 81.8 Å². The monoisotopic (exact) mass is 453 g/mol. The summed E-state index contributed by atoms with van der Waals surface area (Å²) in [5, 5.41) is 0.659. The van der Waals surface area contributed by atoms with Gasteiger partial charge in [-0.15, -0.1) is 11.3 Å². The molecule has 0 amide bonds. The molecule has 0 aliphatic heterocycles. The van der Waals surface area contributed by atoms with E-state index in [-0.39, 0.29) is 21.9 Å². The van der Waals surface area contributed by atoms with E-state index in [1.165, 1.54) is 36.5 Å². The van der Waals surface area contributed by atoms with E-state index in [4.69, 9.17) is 0 Å². The maximum Gasteiger partial charge on any atom is 0.240 e. The van der Waals surface area contributed by atoms with Crippen molar-refractivity contribution in [1.82, 2.24) is 4.72 Å². The van der Waals surface area contributed by atoms with Gasteiger partial charge in [-0.25, -0.2) is 25.9 Å². The quantitative estimate of drug-likeness (QED) is 0.586. The van der Waals surface area contributed by atoms with E-state index in [1.54, 1.807) is 29.6 Å². The van der Waals surface area contributed by atoms with Crippen molar-refractivity contribution in [2.24, 2.45) is 0 Å². The Hall–Kier alpha value is -2.07. The fourth-order valence-corrected chi connectivity index (χ4v) is 7.07. The average Bonchev–Trinajstić information content (AvgIpc) is 3.15. The van der Waals surface area contributed by atoms with Crippen LogP contribution in [0.15, 0.2) is 69.8 Å². The Morgan fingerprint density at radius 3 is 2.28 bits per heavy atom. The van der Waals surface area contributed by atoms with Crippen LogP contribution in [0.1, 0.15) is 21.3 Å². The van der Waals surface area contributed by atoms with Crippen molar-refractivity contribution in [3.63, 3.8) is 0 Å². The summed E-state index contributed by atoms with van der Waals surface area (Å²) in [6.45, 7) is 3.00. The highest BCUT2D eigenvalue weighted by atomic mass is 32.2. The van der Waals surface area contributed by atoms with Crippen molar-refractivity contribution in [2.45, 2.75) is 28.9 Å². The fraction of sp³-hybridized carbons (Fsp3) is 0.200. The summed E-state index contributed by atoms with van der Waals surface area (Å²) in [6.07, 6.45) is 0. The number of sulfonamides is 1. The highest BCUT2D eigenvalue weighted by Crippen LogP contribution is 2.32. The maximum atomic E-state index is 13.3. The molecule has 1 atom stereocenters. The number of benzene rings is 2. The summed E-state index contributed by atoms with van der Waals surface area (Å²) in [6, 6.07) is 13.2. The molecule has 0 radical (unpaired) electrons. The summed E-state index contributed by atoms with van der Waals surface area (Å²) < 4.78 is 67.6. The zero-order valence-corrected chi connectivity index (χ0v) is 18.2. The molecule has 0 bridgehead atoms. The van der Waals surface area contributed by atoms with Gasteiger partial charge in [-0.1, -0.05) is 23.8 Å². The fourth-order valence-electron chi connectivity index (χ4n) is 2.91. The zero-order valence-electron chi connectivity index (χ0n) is 15.8. The van der Waals surface area contributed by atoms with E-state index in [1.807, 2.05) is 6.92 Å². The predicted molar refractivity (Wildman–Crippen MR) is 112 cm³/mol. The second-order valence-corrected chi connectivity index (χ2v) is 11.5. The Morgan fingerprint density at radius 1 is 1.00 bits per heavy atom. The van der Waals surface area contributed by atoms with E-state index in [2.05, 4.69) is 4.72 Å². The molecule has 9 heteroatoms. The molecule has 29 heavy (non-hydrogen) atoms. The van der Waals surface area contributed by atoms with Crippen LogP contribution in [-0.2, 0) is 19.9 Å². The van der Waals surface area contributed by atoms with Crippen LogP contribution in [0.3, 0.4) is 0 Å². The molecule has 5 nitrogen and oxygen atoms in total. The van der Waals surface area contributed by atoms with Crippen LogP contribution in [0.4, 0.5) is 4.39 Å². The molecule has 1 aromatic heterocycles. The minimum absolute atomic E-state index is 0.0865. The number of thiophene rings is 1. The van der Waals surface area contributed by atoms with Gasteiger partial charge in [0.15, 0.2) is 9.84 Å². The van der Waals surface area contributed by atoms with Crippen LogP contribution in [0.2, 0.25) is 0 Å². The van der Waals surface area contributed by atoms with Crippen LogP contribution in [0, 0.1) is 19.7 Å². The van der Waals surface area contributed by atoms with Crippen molar-refractivity contribution < 1.29 is 21.2 Å². The number of hydrogen-bond donors (Lipinski definition) is 1. The molecular formula is C20H20FNO4S3. The van der Waals surface area contributed by atoms with Gasteiger partial charge in [0.25, 0.3) is 0 Å². The Kier molecular flexibility index (Phi) is 6.23. The lowest BCUT2D eigenvalue weighted by molar-refractivity contribution is 0.569. The van der Waals surface area contributed by atoms with E-state index >= 15 is 0 Å². The molecule has 0 saturated carbocycles. The van der Waals surface area contributed by atoms with Gasteiger partial charge in [-0.3, -0.25) is 0 Å². The van der Waals surface area contributed by atoms with E-state index in [9.17, 15) is 21.2 Å². The lowest BCUT2D eigenvalue weighted by Crippen LogP contribution is -2.32. The number of nitrogens with one attached hydrogen (secondary N) is 1. The highest BCUT2D eigenvalue weighted by Gasteiger charge is 2.31. The van der Waals surface area contributed by atoms with E-state index < -0.39 is 30.9 Å². The first-order valence-corrected chi connectivity index (χ1v) is 12.6. The minimum Gasteiger partial charge on any atom is -0.223 e. The normalized spacial score (nSPS) is 13.3. The SMILES string of the molecule is Cc1ccc(S(=O)(=O)[C@@H](CNS(=O)(=O)c2ccc(F)cc2C)c2cccs2)cc1. The summed E-state index contributed by atoms with van der Waals surface area (Å²) in [4.78, 5) is 0.569. The maximum absolute atomic E-state index is 13.3. The number of sulfone groups is 1. The molecule has 0 spiro atoms. The van der Waals surface area contributed by atoms with Gasteiger partial charge in [-0.05, 0) is 61.2 Å². The van der Waals surface area contributed by atoms with Gasteiger partial charge in [0.1, 0.15) is 11.1 Å². The Labute approximate surface area is 174 Å². The second kappa shape index (κ2) is 8.35. The average molecular weight is 454 g/mol. The number of aryl methyl sites for hydroxylation is 2. The lowest BCUT2D eigenvalue weighted by atomic mass is 10.2. The summed E-state index contributed by atoms with van der Waals surface area (Å²) in [5.74, 6) is -0.542. The van der Waals surface area contributed by atoms with Crippen molar-refractivity contribution in [3.8, 4) is 0 Å². The van der Waals surface area contributed by atoms with Crippen molar-refractivity contribution >= 4 is 31.2 Å². The zero-order chi connectivity index (χ0) is 21.2. The molecule has 2 aromatic carbocycles. The molecule has 0 fully saturated rings. The summed E-state index contributed by atoms with van der Waals surface area (Å²) >= 11 is 1.24. The van der Waals surface area contributed by atoms with Crippen LogP contribution in [-0.4, -0.2) is 23.4 Å². The molecule has 0 saturated heterocycles. The summed E-state index contributed by atoms with van der Waals surface area (Å²) in [5.41, 5.74) is 1.16. The third-order valence-electron chi connectivity index (χ3n) is 4.47. The third kappa shape index (κ3) is 4.75. The molecular weight excluding hydrogens is 433 g/mol. The Bertz CT molecular complexity index is 1200. The standard InChI is InChI=1S/C20H20FNO4S3/c1-14-5-8-17(9-6-14)28(23,24)20(18-4-3-11-27-18)13-22-29(25,26)19-10-7-16(21)12-15(19)2/h3-12,20,22H,13H2,1-2H3/t20-/m0/s1. The minimum atomic E-state index is -4.02. The smallest absolute Gasteiger partial charge is 0.223 e. The Balaban J connectivity index is 1.94. The molecule has 0 aliphatic rings. The van der Waals surface area contributed by atoms with Gasteiger partial charge in [0.05, 0.1) is 9.79 Å². The van der Waals surface area contributed by atoms with Gasteiger partial charge < -0.3 is 0 Å². The van der Waals surface area contributed by atoms with Crippen molar-refractivity contribution in [1.29, 1.82) is 0 Å². The molecule has 0 unspecified atom stereocenters. The first-order valence-electron chi connectivity index (χ1n) is 8.71. The molecule has 3 aromatic rings. The second-order valence-electron chi connectivity index (χ2n) is 6.62. The van der Waals surface area contributed by atoms with Gasteiger partial charge >= 0.3 is 0 Å². The topological polar surface area (TPSA) is 80.3 Å². The first-order chi connectivity index (χ1) is 13.6. The van der Waals surface area contributed by atoms with Gasteiger partial charge in [-0.2, -0.15) is 0 Å². The largest absolute Gasteiger partial charge is 0.240 e. The molecule has 1 heterocycles. The van der Waals surface area contributed by atoms with Crippen LogP contribution < -0.4 is 4.72 Å². The van der Waals surface area contributed by atoms with Crippen LogP contribution in [0.5, 0.6) is 0 Å². The summed E-state index contributed by atoms with van der Waals surface area (Å²) in [7, 11) is -7.86. The molecule has 0 aliphatic carbocycles.